The molecular weight excluding hydrogens is 563 g/mol. The maximum Gasteiger partial charge on any atom is 0.257 e. The van der Waals surface area contributed by atoms with Gasteiger partial charge >= 0.3 is 0 Å². The maximum absolute atomic E-state index is 13.1. The van der Waals surface area contributed by atoms with Gasteiger partial charge in [-0.15, -0.1) is 0 Å². The number of anilines is 2. The van der Waals surface area contributed by atoms with Gasteiger partial charge < -0.3 is 19.5 Å². The Morgan fingerprint density at radius 2 is 1.61 bits per heavy atom. The zero-order valence-electron chi connectivity index (χ0n) is 22.0. The van der Waals surface area contributed by atoms with Gasteiger partial charge in [0.1, 0.15) is 22.7 Å². The van der Waals surface area contributed by atoms with E-state index in [1.807, 2.05) is 53.4 Å². The standard InChI is InChI=1S/C24H23N5O2.C6H3Cl2NO/c30-24(18-15-31-21-8-4-1-5-17(18)21)29-13-11-28(12-14-29)23-22(25-16-9-10-16)26-19-6-2-3-7-20(19)27-23;7-4-1-2-6(8)9-5(4)3-10/h1-8,15-16H,9-14H2,(H,25,26);1-3H. The highest BCUT2D eigenvalue weighted by molar-refractivity contribution is 6.33. The summed E-state index contributed by atoms with van der Waals surface area (Å²) in [4.78, 5) is 40.9. The van der Waals surface area contributed by atoms with E-state index in [2.05, 4.69) is 15.2 Å². The summed E-state index contributed by atoms with van der Waals surface area (Å²) in [7, 11) is 0. The molecule has 5 aromatic rings. The van der Waals surface area contributed by atoms with Gasteiger partial charge in [-0.05, 0) is 43.2 Å². The molecule has 0 unspecified atom stereocenters. The summed E-state index contributed by atoms with van der Waals surface area (Å²) in [5.74, 6) is 1.75. The number of halogens is 2. The SMILES string of the molecule is O=C(c1coc2ccccc12)N1CCN(c2nc3ccccc3nc2NC2CC2)CC1.O=Cc1nc(Cl)ccc1Cl. The van der Waals surface area contributed by atoms with Crippen molar-refractivity contribution in [2.24, 2.45) is 0 Å². The van der Waals surface area contributed by atoms with Crippen molar-refractivity contribution in [1.82, 2.24) is 19.9 Å². The zero-order valence-corrected chi connectivity index (χ0v) is 23.5. The van der Waals surface area contributed by atoms with Crippen molar-refractivity contribution < 1.29 is 14.0 Å². The lowest BCUT2D eigenvalue weighted by Gasteiger charge is -2.36. The molecule has 4 heterocycles. The number of nitrogens with zero attached hydrogens (tertiary/aromatic N) is 5. The van der Waals surface area contributed by atoms with Crippen LogP contribution in [0.4, 0.5) is 11.6 Å². The van der Waals surface area contributed by atoms with E-state index in [0.717, 1.165) is 33.6 Å². The number of fused-ring (bicyclic) bond motifs is 2. The first-order valence-corrected chi connectivity index (χ1v) is 14.1. The molecule has 2 aromatic carbocycles. The highest BCUT2D eigenvalue weighted by Gasteiger charge is 2.29. The number of nitrogens with one attached hydrogen (secondary N) is 1. The predicted molar refractivity (Wildman–Crippen MR) is 160 cm³/mol. The Morgan fingerprint density at radius 3 is 2.32 bits per heavy atom. The van der Waals surface area contributed by atoms with Crippen LogP contribution in [0.3, 0.4) is 0 Å². The van der Waals surface area contributed by atoms with E-state index in [9.17, 15) is 9.59 Å². The lowest BCUT2D eigenvalue weighted by Crippen LogP contribution is -2.49. The monoisotopic (exact) mass is 588 g/mol. The van der Waals surface area contributed by atoms with Crippen LogP contribution < -0.4 is 10.2 Å². The van der Waals surface area contributed by atoms with Gasteiger partial charge in [-0.2, -0.15) is 0 Å². The maximum atomic E-state index is 13.1. The number of furan rings is 1. The Morgan fingerprint density at radius 1 is 0.902 bits per heavy atom. The lowest BCUT2D eigenvalue weighted by molar-refractivity contribution is 0.0747. The molecule has 0 spiro atoms. The Kier molecular flexibility index (Phi) is 7.71. The van der Waals surface area contributed by atoms with Gasteiger partial charge in [-0.3, -0.25) is 9.59 Å². The lowest BCUT2D eigenvalue weighted by atomic mass is 10.1. The van der Waals surface area contributed by atoms with Crippen LogP contribution in [0.25, 0.3) is 22.0 Å². The summed E-state index contributed by atoms with van der Waals surface area (Å²) in [6, 6.07) is 19.2. The largest absolute Gasteiger partial charge is 0.463 e. The number of para-hydroxylation sites is 3. The van der Waals surface area contributed by atoms with Crippen molar-refractivity contribution in [2.75, 3.05) is 36.4 Å². The molecule has 208 valence electrons. The number of piperazine rings is 1. The molecule has 7 rings (SSSR count). The van der Waals surface area contributed by atoms with Crippen molar-refractivity contribution in [1.29, 1.82) is 0 Å². The molecule has 1 amide bonds. The molecule has 1 aliphatic carbocycles. The molecule has 41 heavy (non-hydrogen) atoms. The number of pyridine rings is 1. The fourth-order valence-electron chi connectivity index (χ4n) is 4.68. The molecule has 1 saturated heterocycles. The second kappa shape index (κ2) is 11.7. The minimum atomic E-state index is 0.0190. The average molecular weight is 589 g/mol. The van der Waals surface area contributed by atoms with Crippen LogP contribution in [0.2, 0.25) is 10.2 Å². The van der Waals surface area contributed by atoms with E-state index in [1.165, 1.54) is 25.0 Å². The topological polar surface area (TPSA) is 104 Å². The molecule has 0 atom stereocenters. The van der Waals surface area contributed by atoms with Crippen LogP contribution in [-0.4, -0.2) is 64.3 Å². The minimum absolute atomic E-state index is 0.0190. The summed E-state index contributed by atoms with van der Waals surface area (Å²) >= 11 is 11.0. The number of amides is 1. The third kappa shape index (κ3) is 5.96. The number of carbonyl (C=O) groups is 2. The molecule has 11 heteroatoms. The van der Waals surface area contributed by atoms with Crippen molar-refractivity contribution in [3.63, 3.8) is 0 Å². The molecule has 1 aliphatic heterocycles. The van der Waals surface area contributed by atoms with E-state index in [4.69, 9.17) is 37.6 Å². The molecule has 3 aromatic heterocycles. The molecular formula is C30H26Cl2N6O3. The third-order valence-electron chi connectivity index (χ3n) is 7.00. The van der Waals surface area contributed by atoms with Crippen molar-refractivity contribution >= 4 is 69.0 Å². The first kappa shape index (κ1) is 27.0. The summed E-state index contributed by atoms with van der Waals surface area (Å²) in [5, 5.41) is 5.00. The van der Waals surface area contributed by atoms with Gasteiger partial charge in [0.15, 0.2) is 17.9 Å². The summed E-state index contributed by atoms with van der Waals surface area (Å²) in [5.41, 5.74) is 3.34. The van der Waals surface area contributed by atoms with Crippen molar-refractivity contribution in [3.05, 3.63) is 88.4 Å². The normalized spacial score (nSPS) is 15.0. The van der Waals surface area contributed by atoms with Crippen molar-refractivity contribution in [3.8, 4) is 0 Å². The van der Waals surface area contributed by atoms with E-state index in [-0.39, 0.29) is 16.8 Å². The second-order valence-electron chi connectivity index (χ2n) is 9.85. The number of carbonyl (C=O) groups excluding carboxylic acids is 2. The molecule has 0 radical (unpaired) electrons. The van der Waals surface area contributed by atoms with Crippen LogP contribution in [-0.2, 0) is 0 Å². The van der Waals surface area contributed by atoms with Gasteiger partial charge in [0, 0.05) is 37.6 Å². The van der Waals surface area contributed by atoms with Crippen LogP contribution in [0.5, 0.6) is 0 Å². The fourth-order valence-corrected chi connectivity index (χ4v) is 4.98. The highest BCUT2D eigenvalue weighted by Crippen LogP contribution is 2.31. The Balaban J connectivity index is 0.000000258. The Bertz CT molecular complexity index is 1730. The van der Waals surface area contributed by atoms with Crippen LogP contribution in [0.1, 0.15) is 33.7 Å². The van der Waals surface area contributed by atoms with E-state index < -0.39 is 0 Å². The number of hydrogen-bond acceptors (Lipinski definition) is 8. The van der Waals surface area contributed by atoms with Crippen LogP contribution in [0, 0.1) is 0 Å². The molecule has 9 nitrogen and oxygen atoms in total. The van der Waals surface area contributed by atoms with E-state index in [0.29, 0.717) is 49.1 Å². The van der Waals surface area contributed by atoms with Crippen LogP contribution >= 0.6 is 23.2 Å². The number of benzene rings is 2. The van der Waals surface area contributed by atoms with Gasteiger partial charge in [-0.25, -0.2) is 15.0 Å². The average Bonchev–Trinajstić information content (AvgIpc) is 3.72. The second-order valence-corrected chi connectivity index (χ2v) is 10.6. The number of rotatable bonds is 5. The zero-order chi connectivity index (χ0) is 28.3. The van der Waals surface area contributed by atoms with Gasteiger partial charge in [0.25, 0.3) is 5.91 Å². The smallest absolute Gasteiger partial charge is 0.257 e. The Labute approximate surface area is 246 Å². The summed E-state index contributed by atoms with van der Waals surface area (Å²) < 4.78 is 5.57. The van der Waals surface area contributed by atoms with Gasteiger partial charge in [0.05, 0.1) is 21.6 Å². The third-order valence-corrected chi connectivity index (χ3v) is 7.53. The van der Waals surface area contributed by atoms with E-state index >= 15 is 0 Å². The first-order valence-electron chi connectivity index (χ1n) is 13.3. The molecule has 2 aliphatic rings. The number of aromatic nitrogens is 3. The number of hydrogen-bond donors (Lipinski definition) is 1. The molecule has 1 N–H and O–H groups in total. The highest BCUT2D eigenvalue weighted by atomic mass is 35.5. The molecule has 1 saturated carbocycles. The predicted octanol–water partition coefficient (Wildman–Crippen LogP) is 6.11. The molecule has 0 bridgehead atoms. The molecule has 2 fully saturated rings. The van der Waals surface area contributed by atoms with Crippen molar-refractivity contribution in [2.45, 2.75) is 18.9 Å². The number of aldehydes is 1. The quantitative estimate of drug-likeness (QED) is 0.193. The van der Waals surface area contributed by atoms with Gasteiger partial charge in [0.2, 0.25) is 0 Å². The fraction of sp³-hybridized carbons (Fsp3) is 0.233. The van der Waals surface area contributed by atoms with E-state index in [1.54, 1.807) is 6.26 Å². The summed E-state index contributed by atoms with van der Waals surface area (Å²) in [6.45, 7) is 2.70. The minimum Gasteiger partial charge on any atom is -0.463 e. The summed E-state index contributed by atoms with van der Waals surface area (Å²) in [6.07, 6.45) is 4.49. The van der Waals surface area contributed by atoms with Crippen LogP contribution in [0.15, 0.2) is 71.3 Å². The van der Waals surface area contributed by atoms with Gasteiger partial charge in [-0.1, -0.05) is 53.5 Å². The Hall–Kier alpha value is -4.21. The first-order chi connectivity index (χ1) is 20.0.